The molecule has 0 unspecified atom stereocenters. The van der Waals surface area contributed by atoms with Crippen LogP contribution in [0.3, 0.4) is 0 Å². The fourth-order valence-electron chi connectivity index (χ4n) is 1.85. The van der Waals surface area contributed by atoms with Gasteiger partial charge >= 0.3 is 0 Å². The van der Waals surface area contributed by atoms with Gasteiger partial charge in [0.05, 0.1) is 5.56 Å². The summed E-state index contributed by atoms with van der Waals surface area (Å²) in [5.41, 5.74) is 5.53. The molecular weight excluding hydrogens is 264 g/mol. The van der Waals surface area contributed by atoms with Gasteiger partial charge in [0, 0.05) is 24.6 Å². The first-order valence-electron chi connectivity index (χ1n) is 6.05. The largest absolute Gasteiger partial charge is 0.483 e. The quantitative estimate of drug-likeness (QED) is 0.883. The number of hydrogen-bond acceptors (Lipinski definition) is 4. The monoisotopic (exact) mass is 280 g/mol. The summed E-state index contributed by atoms with van der Waals surface area (Å²) < 4.78 is 5.28. The summed E-state index contributed by atoms with van der Waals surface area (Å²) in [6, 6.07) is 6.93. The fourth-order valence-corrected chi connectivity index (χ4v) is 2.76. The highest BCUT2D eigenvalue weighted by Gasteiger charge is 2.21. The lowest BCUT2D eigenvalue weighted by Crippen LogP contribution is -2.38. The maximum absolute atomic E-state index is 12.4. The van der Waals surface area contributed by atoms with Crippen LogP contribution >= 0.6 is 11.8 Å². The zero-order valence-electron chi connectivity index (χ0n) is 10.5. The molecule has 1 aliphatic rings. The average Bonchev–Trinajstić information content (AvgIpc) is 2.45. The summed E-state index contributed by atoms with van der Waals surface area (Å²) in [7, 11) is 0. The summed E-state index contributed by atoms with van der Waals surface area (Å²) in [5, 5.41) is 0. The zero-order chi connectivity index (χ0) is 13.7. The Balaban J connectivity index is 2.13. The lowest BCUT2D eigenvalue weighted by Gasteiger charge is -2.27. The second-order valence-corrected chi connectivity index (χ2v) is 5.38. The predicted octanol–water partition coefficient (Wildman–Crippen LogP) is 0.740. The SMILES string of the molecule is NC(=O)COc1ccccc1C(=O)N1CCSCC1. The van der Waals surface area contributed by atoms with Crippen molar-refractivity contribution in [1.82, 2.24) is 4.90 Å². The maximum atomic E-state index is 12.4. The van der Waals surface area contributed by atoms with Gasteiger partial charge in [-0.1, -0.05) is 12.1 Å². The normalized spacial score (nSPS) is 15.1. The van der Waals surface area contributed by atoms with Crippen LogP contribution < -0.4 is 10.5 Å². The van der Waals surface area contributed by atoms with Gasteiger partial charge in [-0.25, -0.2) is 0 Å². The first kappa shape index (κ1) is 13.7. The van der Waals surface area contributed by atoms with Crippen molar-refractivity contribution < 1.29 is 14.3 Å². The first-order valence-corrected chi connectivity index (χ1v) is 7.21. The lowest BCUT2D eigenvalue weighted by atomic mass is 10.1. The highest BCUT2D eigenvalue weighted by atomic mass is 32.2. The van der Waals surface area contributed by atoms with Crippen LogP contribution in [0.25, 0.3) is 0 Å². The third-order valence-corrected chi connectivity index (χ3v) is 3.73. The standard InChI is InChI=1S/C13H16N2O3S/c14-12(16)9-18-11-4-2-1-3-10(11)13(17)15-5-7-19-8-6-15/h1-4H,5-9H2,(H2,14,16). The molecule has 2 amide bonds. The second-order valence-electron chi connectivity index (χ2n) is 4.16. The van der Waals surface area contributed by atoms with Gasteiger partial charge in [0.1, 0.15) is 5.75 Å². The minimum Gasteiger partial charge on any atom is -0.483 e. The van der Waals surface area contributed by atoms with E-state index in [1.54, 1.807) is 24.3 Å². The molecule has 5 nitrogen and oxygen atoms in total. The Hall–Kier alpha value is -1.69. The van der Waals surface area contributed by atoms with Crippen LogP contribution in [-0.2, 0) is 4.79 Å². The molecule has 1 aliphatic heterocycles. The van der Waals surface area contributed by atoms with Gasteiger partial charge in [0.25, 0.3) is 11.8 Å². The summed E-state index contributed by atoms with van der Waals surface area (Å²) >= 11 is 1.84. The minimum atomic E-state index is -0.559. The van der Waals surface area contributed by atoms with Crippen molar-refractivity contribution in [3.8, 4) is 5.75 Å². The first-order chi connectivity index (χ1) is 9.18. The Kier molecular flexibility index (Phi) is 4.68. The van der Waals surface area contributed by atoms with E-state index < -0.39 is 5.91 Å². The third-order valence-electron chi connectivity index (χ3n) is 2.79. The number of benzene rings is 1. The Morgan fingerprint density at radius 2 is 1.95 bits per heavy atom. The molecule has 0 saturated carbocycles. The van der Waals surface area contributed by atoms with Crippen LogP contribution in [0.4, 0.5) is 0 Å². The molecule has 1 heterocycles. The lowest BCUT2D eigenvalue weighted by molar-refractivity contribution is -0.119. The number of rotatable bonds is 4. The number of thioether (sulfide) groups is 1. The maximum Gasteiger partial charge on any atom is 0.257 e. The van der Waals surface area contributed by atoms with E-state index in [-0.39, 0.29) is 12.5 Å². The molecule has 0 radical (unpaired) electrons. The molecule has 0 bridgehead atoms. The van der Waals surface area contributed by atoms with Crippen LogP contribution in [0.1, 0.15) is 10.4 Å². The number of nitrogens with zero attached hydrogens (tertiary/aromatic N) is 1. The number of hydrogen-bond donors (Lipinski definition) is 1. The van der Waals surface area contributed by atoms with Gasteiger partial charge in [-0.15, -0.1) is 0 Å². The van der Waals surface area contributed by atoms with Crippen molar-refractivity contribution in [3.63, 3.8) is 0 Å². The highest BCUT2D eigenvalue weighted by molar-refractivity contribution is 7.99. The van der Waals surface area contributed by atoms with Gasteiger partial charge in [-0.05, 0) is 12.1 Å². The summed E-state index contributed by atoms with van der Waals surface area (Å²) in [4.78, 5) is 24.9. The van der Waals surface area contributed by atoms with Gasteiger partial charge in [0.2, 0.25) is 0 Å². The number of para-hydroxylation sites is 1. The fraction of sp³-hybridized carbons (Fsp3) is 0.385. The van der Waals surface area contributed by atoms with Gasteiger partial charge in [-0.3, -0.25) is 9.59 Å². The number of carbonyl (C=O) groups excluding carboxylic acids is 2. The molecule has 0 aliphatic carbocycles. The molecule has 0 spiro atoms. The molecule has 0 aromatic heterocycles. The van der Waals surface area contributed by atoms with Crippen LogP contribution in [0.5, 0.6) is 5.75 Å². The average molecular weight is 280 g/mol. The number of amides is 2. The van der Waals surface area contributed by atoms with Crippen LogP contribution in [0.2, 0.25) is 0 Å². The third kappa shape index (κ3) is 3.64. The summed E-state index contributed by atoms with van der Waals surface area (Å²) in [6.45, 7) is 1.27. The molecule has 1 aromatic carbocycles. The molecule has 0 atom stereocenters. The van der Waals surface area contributed by atoms with E-state index in [0.717, 1.165) is 24.6 Å². The molecule has 6 heteroatoms. The summed E-state index contributed by atoms with van der Waals surface area (Å²) in [6.07, 6.45) is 0. The molecule has 2 N–H and O–H groups in total. The predicted molar refractivity (Wildman–Crippen MR) is 74.4 cm³/mol. The Morgan fingerprint density at radius 3 is 2.63 bits per heavy atom. The smallest absolute Gasteiger partial charge is 0.257 e. The van der Waals surface area contributed by atoms with Crippen molar-refractivity contribution in [1.29, 1.82) is 0 Å². The van der Waals surface area contributed by atoms with E-state index in [0.29, 0.717) is 11.3 Å². The van der Waals surface area contributed by atoms with E-state index >= 15 is 0 Å². The van der Waals surface area contributed by atoms with Crippen molar-refractivity contribution in [2.45, 2.75) is 0 Å². The van der Waals surface area contributed by atoms with E-state index in [1.165, 1.54) is 0 Å². The van der Waals surface area contributed by atoms with E-state index in [2.05, 4.69) is 0 Å². The molecule has 19 heavy (non-hydrogen) atoms. The van der Waals surface area contributed by atoms with Crippen LogP contribution in [0, 0.1) is 0 Å². The highest BCUT2D eigenvalue weighted by Crippen LogP contribution is 2.21. The van der Waals surface area contributed by atoms with Crippen molar-refractivity contribution in [2.75, 3.05) is 31.2 Å². The van der Waals surface area contributed by atoms with E-state index in [1.807, 2.05) is 16.7 Å². The Labute approximate surface area is 116 Å². The molecule has 1 fully saturated rings. The number of primary amides is 1. The molecule has 2 rings (SSSR count). The Morgan fingerprint density at radius 1 is 1.26 bits per heavy atom. The van der Waals surface area contributed by atoms with Crippen LogP contribution in [-0.4, -0.2) is 47.9 Å². The molecule has 102 valence electrons. The van der Waals surface area contributed by atoms with E-state index in [9.17, 15) is 9.59 Å². The van der Waals surface area contributed by atoms with Gasteiger partial charge in [0.15, 0.2) is 6.61 Å². The molecule has 1 saturated heterocycles. The number of carbonyl (C=O) groups is 2. The molecule has 1 aromatic rings. The van der Waals surface area contributed by atoms with E-state index in [4.69, 9.17) is 10.5 Å². The number of ether oxygens (including phenoxy) is 1. The Bertz CT molecular complexity index is 473. The van der Waals surface area contributed by atoms with Crippen molar-refractivity contribution >= 4 is 23.6 Å². The second kappa shape index (κ2) is 6.47. The summed E-state index contributed by atoms with van der Waals surface area (Å²) in [5.74, 6) is 1.70. The zero-order valence-corrected chi connectivity index (χ0v) is 11.3. The number of nitrogens with two attached hydrogens (primary N) is 1. The minimum absolute atomic E-state index is 0.0552. The topological polar surface area (TPSA) is 72.6 Å². The van der Waals surface area contributed by atoms with Crippen LogP contribution in [0.15, 0.2) is 24.3 Å². The van der Waals surface area contributed by atoms with Gasteiger partial charge < -0.3 is 15.4 Å². The van der Waals surface area contributed by atoms with Gasteiger partial charge in [-0.2, -0.15) is 11.8 Å². The van der Waals surface area contributed by atoms with Crippen molar-refractivity contribution in [3.05, 3.63) is 29.8 Å². The molecular formula is C13H16N2O3S. The van der Waals surface area contributed by atoms with Crippen molar-refractivity contribution in [2.24, 2.45) is 5.73 Å².